The molecule has 0 spiro atoms. The highest BCUT2D eigenvalue weighted by atomic mass is 79.9. The highest BCUT2D eigenvalue weighted by molar-refractivity contribution is 9.10. The Morgan fingerprint density at radius 2 is 1.60 bits per heavy atom. The molecule has 0 fully saturated rings. The molecule has 0 saturated heterocycles. The van der Waals surface area contributed by atoms with E-state index in [1.54, 1.807) is 37.3 Å². The molecule has 3 rings (SSSR count). The van der Waals surface area contributed by atoms with Crippen molar-refractivity contribution in [3.05, 3.63) is 70.5 Å². The minimum atomic E-state index is -0.972. The smallest absolute Gasteiger partial charge is 0.335 e. The summed E-state index contributed by atoms with van der Waals surface area (Å²) in [7, 11) is 0. The van der Waals surface area contributed by atoms with Crippen LogP contribution >= 0.6 is 15.9 Å². The fourth-order valence-corrected chi connectivity index (χ4v) is 2.52. The van der Waals surface area contributed by atoms with E-state index >= 15 is 0 Å². The summed E-state index contributed by atoms with van der Waals surface area (Å²) >= 11 is 3.40. The molecular weight excluding hydrogens is 384 g/mol. The van der Waals surface area contributed by atoms with Gasteiger partial charge in [0.05, 0.1) is 5.56 Å². The Kier molecular flexibility index (Phi) is 4.95. The average molecular weight is 399 g/mol. The molecule has 3 N–H and O–H groups in total. The van der Waals surface area contributed by atoms with Crippen LogP contribution in [0, 0.1) is 6.92 Å². The quantitative estimate of drug-likeness (QED) is 0.575. The van der Waals surface area contributed by atoms with Crippen molar-refractivity contribution in [1.82, 2.24) is 9.97 Å². The van der Waals surface area contributed by atoms with Crippen molar-refractivity contribution >= 4 is 44.9 Å². The van der Waals surface area contributed by atoms with Crippen LogP contribution in [-0.4, -0.2) is 21.0 Å². The summed E-state index contributed by atoms with van der Waals surface area (Å²) in [5.41, 5.74) is 1.76. The number of carboxylic acid groups (broad SMARTS) is 1. The maximum absolute atomic E-state index is 11.1. The second kappa shape index (κ2) is 7.31. The number of aryl methyl sites for hydroxylation is 1. The lowest BCUT2D eigenvalue weighted by Gasteiger charge is -2.11. The number of nitrogens with zero attached hydrogens (tertiary/aromatic N) is 2. The third kappa shape index (κ3) is 4.54. The second-order valence-electron chi connectivity index (χ2n) is 5.33. The first-order valence-corrected chi connectivity index (χ1v) is 8.27. The Balaban J connectivity index is 1.83. The molecule has 1 heterocycles. The van der Waals surface area contributed by atoms with Crippen molar-refractivity contribution in [2.24, 2.45) is 0 Å². The molecule has 25 heavy (non-hydrogen) atoms. The van der Waals surface area contributed by atoms with E-state index in [4.69, 9.17) is 5.11 Å². The topological polar surface area (TPSA) is 87.1 Å². The molecule has 3 aromatic rings. The van der Waals surface area contributed by atoms with E-state index in [2.05, 4.69) is 36.5 Å². The monoisotopic (exact) mass is 398 g/mol. The summed E-state index contributed by atoms with van der Waals surface area (Å²) in [6.45, 7) is 1.80. The van der Waals surface area contributed by atoms with E-state index in [9.17, 15) is 4.79 Å². The molecule has 0 atom stereocenters. The first-order valence-electron chi connectivity index (χ1n) is 7.48. The number of rotatable bonds is 5. The standard InChI is InChI=1S/C18H15BrN4O2/c1-11-20-16(22-14-7-5-13(19)6-8-14)10-17(21-11)23-15-4-2-3-12(9-15)18(24)25/h2-10H,1H3,(H,24,25)(H2,20,21,22,23). The van der Waals surface area contributed by atoms with Gasteiger partial charge in [0.25, 0.3) is 0 Å². The van der Waals surface area contributed by atoms with Gasteiger partial charge in [-0.1, -0.05) is 22.0 Å². The minimum Gasteiger partial charge on any atom is -0.478 e. The lowest BCUT2D eigenvalue weighted by molar-refractivity contribution is 0.0697. The maximum Gasteiger partial charge on any atom is 0.335 e. The van der Waals surface area contributed by atoms with Crippen molar-refractivity contribution in [2.45, 2.75) is 6.92 Å². The highest BCUT2D eigenvalue weighted by Gasteiger charge is 2.06. The molecule has 0 radical (unpaired) electrons. The number of anilines is 4. The zero-order chi connectivity index (χ0) is 17.8. The number of aromatic nitrogens is 2. The normalized spacial score (nSPS) is 10.3. The largest absolute Gasteiger partial charge is 0.478 e. The van der Waals surface area contributed by atoms with Gasteiger partial charge in [-0.3, -0.25) is 0 Å². The number of hydrogen-bond acceptors (Lipinski definition) is 5. The van der Waals surface area contributed by atoms with Crippen molar-refractivity contribution in [1.29, 1.82) is 0 Å². The van der Waals surface area contributed by atoms with Gasteiger partial charge in [-0.25, -0.2) is 14.8 Å². The summed E-state index contributed by atoms with van der Waals surface area (Å²) in [6.07, 6.45) is 0. The van der Waals surface area contributed by atoms with Crippen LogP contribution in [0.4, 0.5) is 23.0 Å². The van der Waals surface area contributed by atoms with Gasteiger partial charge in [-0.2, -0.15) is 0 Å². The van der Waals surface area contributed by atoms with Crippen LogP contribution < -0.4 is 10.6 Å². The molecule has 0 unspecified atom stereocenters. The summed E-state index contributed by atoms with van der Waals surface area (Å²) in [5.74, 6) is 0.848. The Morgan fingerprint density at radius 1 is 0.960 bits per heavy atom. The van der Waals surface area contributed by atoms with Crippen molar-refractivity contribution < 1.29 is 9.90 Å². The average Bonchev–Trinajstić information content (AvgIpc) is 2.57. The zero-order valence-electron chi connectivity index (χ0n) is 13.3. The Hall–Kier alpha value is -2.93. The van der Waals surface area contributed by atoms with Crippen LogP contribution in [0.2, 0.25) is 0 Å². The Bertz CT molecular complexity index is 913. The molecule has 6 nitrogen and oxygen atoms in total. The first-order chi connectivity index (χ1) is 12.0. The molecule has 0 aliphatic rings. The third-order valence-electron chi connectivity index (χ3n) is 3.34. The van der Waals surface area contributed by atoms with Gasteiger partial charge in [0, 0.05) is 21.9 Å². The molecule has 0 saturated carbocycles. The predicted molar refractivity (Wildman–Crippen MR) is 101 cm³/mol. The predicted octanol–water partition coefficient (Wildman–Crippen LogP) is 4.73. The number of carboxylic acids is 1. The summed E-state index contributed by atoms with van der Waals surface area (Å²) in [5, 5.41) is 15.4. The van der Waals surface area contributed by atoms with E-state index in [1.807, 2.05) is 24.3 Å². The van der Waals surface area contributed by atoms with Gasteiger partial charge in [0.2, 0.25) is 0 Å². The number of nitrogens with one attached hydrogen (secondary N) is 2. The van der Waals surface area contributed by atoms with E-state index in [0.717, 1.165) is 10.2 Å². The molecule has 0 bridgehead atoms. The molecule has 0 aliphatic carbocycles. The summed E-state index contributed by atoms with van der Waals surface area (Å²) in [6, 6.07) is 16.1. The fourth-order valence-electron chi connectivity index (χ4n) is 2.25. The Morgan fingerprint density at radius 3 is 2.24 bits per heavy atom. The molecule has 126 valence electrons. The number of carbonyl (C=O) groups is 1. The van der Waals surface area contributed by atoms with Crippen molar-refractivity contribution in [3.8, 4) is 0 Å². The number of aromatic carboxylic acids is 1. The number of halogens is 1. The van der Waals surface area contributed by atoms with E-state index in [0.29, 0.717) is 23.1 Å². The van der Waals surface area contributed by atoms with E-state index in [-0.39, 0.29) is 5.56 Å². The van der Waals surface area contributed by atoms with E-state index in [1.165, 1.54) is 0 Å². The zero-order valence-corrected chi connectivity index (χ0v) is 14.9. The lowest BCUT2D eigenvalue weighted by Crippen LogP contribution is -2.02. The molecule has 0 amide bonds. The van der Waals surface area contributed by atoms with Crippen molar-refractivity contribution in [2.75, 3.05) is 10.6 Å². The van der Waals surface area contributed by atoms with E-state index < -0.39 is 5.97 Å². The van der Waals surface area contributed by atoms with Gasteiger partial charge >= 0.3 is 5.97 Å². The van der Waals surface area contributed by atoms with Gasteiger partial charge in [-0.15, -0.1) is 0 Å². The van der Waals surface area contributed by atoms with Crippen LogP contribution in [0.1, 0.15) is 16.2 Å². The van der Waals surface area contributed by atoms with Crippen molar-refractivity contribution in [3.63, 3.8) is 0 Å². The van der Waals surface area contributed by atoms with Crippen LogP contribution in [-0.2, 0) is 0 Å². The van der Waals surface area contributed by atoms with Gasteiger partial charge in [-0.05, 0) is 49.4 Å². The fraction of sp³-hybridized carbons (Fsp3) is 0.0556. The summed E-state index contributed by atoms with van der Waals surface area (Å²) < 4.78 is 0.998. The highest BCUT2D eigenvalue weighted by Crippen LogP contribution is 2.22. The molecule has 1 aromatic heterocycles. The Labute approximate surface area is 153 Å². The van der Waals surface area contributed by atoms with Crippen LogP contribution in [0.25, 0.3) is 0 Å². The summed E-state index contributed by atoms with van der Waals surface area (Å²) in [4.78, 5) is 19.8. The molecular formula is C18H15BrN4O2. The lowest BCUT2D eigenvalue weighted by atomic mass is 10.2. The molecule has 7 heteroatoms. The number of hydrogen-bond donors (Lipinski definition) is 3. The van der Waals surface area contributed by atoms with Crippen LogP contribution in [0.5, 0.6) is 0 Å². The van der Waals surface area contributed by atoms with Crippen LogP contribution in [0.3, 0.4) is 0 Å². The third-order valence-corrected chi connectivity index (χ3v) is 3.87. The SMILES string of the molecule is Cc1nc(Nc2ccc(Br)cc2)cc(Nc2cccc(C(=O)O)c2)n1. The number of benzene rings is 2. The van der Waals surface area contributed by atoms with Crippen LogP contribution in [0.15, 0.2) is 59.1 Å². The second-order valence-corrected chi connectivity index (χ2v) is 6.24. The van der Waals surface area contributed by atoms with Gasteiger partial charge in [0.1, 0.15) is 17.5 Å². The van der Waals surface area contributed by atoms with Gasteiger partial charge in [0.15, 0.2) is 0 Å². The first kappa shape index (κ1) is 16.9. The minimum absolute atomic E-state index is 0.212. The van der Waals surface area contributed by atoms with Gasteiger partial charge < -0.3 is 15.7 Å². The molecule has 0 aliphatic heterocycles. The maximum atomic E-state index is 11.1. The molecule has 2 aromatic carbocycles.